The minimum atomic E-state index is -0.208. The van der Waals surface area contributed by atoms with Gasteiger partial charge in [0.05, 0.1) is 37.1 Å². The lowest BCUT2D eigenvalue weighted by Crippen LogP contribution is -2.50. The fourth-order valence-corrected chi connectivity index (χ4v) is 3.75. The molecule has 2 aliphatic rings. The van der Waals surface area contributed by atoms with Gasteiger partial charge < -0.3 is 15.8 Å². The first-order valence-electron chi connectivity index (χ1n) is 8.99. The van der Waals surface area contributed by atoms with Crippen LogP contribution in [-0.2, 0) is 11.8 Å². The number of hydrogen-bond acceptors (Lipinski definition) is 6. The second kappa shape index (κ2) is 7.05. The van der Waals surface area contributed by atoms with Gasteiger partial charge in [0.25, 0.3) is 5.91 Å². The van der Waals surface area contributed by atoms with Crippen molar-refractivity contribution in [1.29, 1.82) is 0 Å². The molecule has 8 heteroatoms. The Bertz CT molecular complexity index is 799. The first-order valence-corrected chi connectivity index (χ1v) is 8.99. The van der Waals surface area contributed by atoms with Crippen LogP contribution in [0.2, 0.25) is 0 Å². The van der Waals surface area contributed by atoms with Gasteiger partial charge in [-0.25, -0.2) is 4.98 Å². The van der Waals surface area contributed by atoms with Crippen molar-refractivity contribution >= 4 is 11.7 Å². The Hall–Kier alpha value is -2.45. The van der Waals surface area contributed by atoms with Crippen LogP contribution in [0.3, 0.4) is 0 Å². The van der Waals surface area contributed by atoms with Crippen molar-refractivity contribution < 1.29 is 9.53 Å². The predicted octanol–water partition coefficient (Wildman–Crippen LogP) is 0.657. The second-order valence-electron chi connectivity index (χ2n) is 6.99. The van der Waals surface area contributed by atoms with Crippen molar-refractivity contribution in [3.8, 4) is 11.1 Å². The summed E-state index contributed by atoms with van der Waals surface area (Å²) < 4.78 is 7.34. The van der Waals surface area contributed by atoms with Crippen LogP contribution < -0.4 is 11.1 Å². The molecule has 2 atom stereocenters. The van der Waals surface area contributed by atoms with E-state index in [2.05, 4.69) is 20.3 Å². The summed E-state index contributed by atoms with van der Waals surface area (Å²) in [5, 5.41) is 7.26. The summed E-state index contributed by atoms with van der Waals surface area (Å²) >= 11 is 0. The lowest BCUT2D eigenvalue weighted by Gasteiger charge is -2.28. The second-order valence-corrected chi connectivity index (χ2v) is 6.99. The molecule has 138 valence electrons. The average Bonchev–Trinajstić information content (AvgIpc) is 3.36. The van der Waals surface area contributed by atoms with Crippen molar-refractivity contribution in [2.24, 2.45) is 7.05 Å². The van der Waals surface area contributed by atoms with E-state index in [0.29, 0.717) is 18.8 Å². The zero-order valence-electron chi connectivity index (χ0n) is 14.9. The number of ether oxygens (including phenoxy) is 1. The quantitative estimate of drug-likeness (QED) is 0.835. The van der Waals surface area contributed by atoms with E-state index in [4.69, 9.17) is 10.5 Å². The molecule has 2 aromatic heterocycles. The Labute approximate surface area is 152 Å². The SMILES string of the molecule is Cn1cc(-c2cnc(N)c(C(=O)N[C@H]3COC[C@@H]3N3CCCC3)c2)cn1. The van der Waals surface area contributed by atoms with Crippen LogP contribution in [0, 0.1) is 0 Å². The number of nitrogen functional groups attached to an aromatic ring is 1. The number of nitrogens with one attached hydrogen (secondary N) is 1. The highest BCUT2D eigenvalue weighted by Crippen LogP contribution is 2.23. The fraction of sp³-hybridized carbons (Fsp3) is 0.500. The van der Waals surface area contributed by atoms with Crippen LogP contribution in [0.4, 0.5) is 5.82 Å². The van der Waals surface area contributed by atoms with Crippen LogP contribution >= 0.6 is 0 Å². The summed E-state index contributed by atoms with van der Waals surface area (Å²) in [7, 11) is 1.85. The Morgan fingerprint density at radius 3 is 2.81 bits per heavy atom. The lowest BCUT2D eigenvalue weighted by molar-refractivity contribution is 0.0917. The number of rotatable bonds is 4. The first kappa shape index (κ1) is 17.0. The number of nitrogens with zero attached hydrogens (tertiary/aromatic N) is 4. The summed E-state index contributed by atoms with van der Waals surface area (Å²) in [6.07, 6.45) is 7.70. The molecule has 0 spiro atoms. The van der Waals surface area contributed by atoms with E-state index in [0.717, 1.165) is 24.2 Å². The van der Waals surface area contributed by atoms with Crippen molar-refractivity contribution in [3.05, 3.63) is 30.2 Å². The Balaban J connectivity index is 1.52. The van der Waals surface area contributed by atoms with E-state index in [1.165, 1.54) is 12.8 Å². The third kappa shape index (κ3) is 3.30. The van der Waals surface area contributed by atoms with Gasteiger partial charge in [0.2, 0.25) is 0 Å². The summed E-state index contributed by atoms with van der Waals surface area (Å²) in [5.41, 5.74) is 8.07. The molecule has 0 radical (unpaired) electrons. The van der Waals surface area contributed by atoms with E-state index in [9.17, 15) is 4.79 Å². The summed E-state index contributed by atoms with van der Waals surface area (Å²) in [6.45, 7) is 3.33. The van der Waals surface area contributed by atoms with Crippen molar-refractivity contribution in [2.75, 3.05) is 32.0 Å². The third-order valence-electron chi connectivity index (χ3n) is 5.18. The van der Waals surface area contributed by atoms with Crippen LogP contribution in [0.25, 0.3) is 11.1 Å². The Morgan fingerprint density at radius 2 is 2.08 bits per heavy atom. The number of hydrogen-bond donors (Lipinski definition) is 2. The van der Waals surface area contributed by atoms with Gasteiger partial charge in [0.15, 0.2) is 0 Å². The zero-order valence-corrected chi connectivity index (χ0v) is 14.9. The van der Waals surface area contributed by atoms with Crippen molar-refractivity contribution in [3.63, 3.8) is 0 Å². The minimum absolute atomic E-state index is 0.0259. The Morgan fingerprint density at radius 1 is 1.27 bits per heavy atom. The van der Waals surface area contributed by atoms with Gasteiger partial charge in [-0.3, -0.25) is 14.4 Å². The highest BCUT2D eigenvalue weighted by Gasteiger charge is 2.35. The molecule has 1 amide bonds. The fourth-order valence-electron chi connectivity index (χ4n) is 3.75. The maximum atomic E-state index is 12.8. The van der Waals surface area contributed by atoms with Gasteiger partial charge in [-0.2, -0.15) is 5.10 Å². The largest absolute Gasteiger partial charge is 0.383 e. The lowest BCUT2D eigenvalue weighted by atomic mass is 10.1. The molecule has 4 heterocycles. The number of likely N-dealkylation sites (tertiary alicyclic amines) is 1. The predicted molar refractivity (Wildman–Crippen MR) is 97.5 cm³/mol. The molecule has 0 aliphatic carbocycles. The van der Waals surface area contributed by atoms with Gasteiger partial charge in [-0.15, -0.1) is 0 Å². The molecule has 8 nitrogen and oxygen atoms in total. The minimum Gasteiger partial charge on any atom is -0.383 e. The van der Waals surface area contributed by atoms with Crippen LogP contribution in [-0.4, -0.2) is 64.0 Å². The summed E-state index contributed by atoms with van der Waals surface area (Å²) in [5.74, 6) is 0.0206. The molecule has 4 rings (SSSR count). The van der Waals surface area contributed by atoms with Gasteiger partial charge in [-0.05, 0) is 32.0 Å². The van der Waals surface area contributed by atoms with Gasteiger partial charge >= 0.3 is 0 Å². The molecule has 2 saturated heterocycles. The van der Waals surface area contributed by atoms with E-state index >= 15 is 0 Å². The molecule has 0 saturated carbocycles. The zero-order chi connectivity index (χ0) is 18.1. The number of aryl methyl sites for hydroxylation is 1. The Kier molecular flexibility index (Phi) is 4.60. The van der Waals surface area contributed by atoms with E-state index < -0.39 is 0 Å². The number of carbonyl (C=O) groups is 1. The molecular formula is C18H24N6O2. The smallest absolute Gasteiger partial charge is 0.255 e. The molecule has 0 bridgehead atoms. The summed E-state index contributed by atoms with van der Waals surface area (Å²) in [6, 6.07) is 1.98. The highest BCUT2D eigenvalue weighted by atomic mass is 16.5. The molecule has 3 N–H and O–H groups in total. The maximum Gasteiger partial charge on any atom is 0.255 e. The number of nitrogens with two attached hydrogens (primary N) is 1. The van der Waals surface area contributed by atoms with Gasteiger partial charge in [0.1, 0.15) is 5.82 Å². The molecular weight excluding hydrogens is 332 g/mol. The average molecular weight is 356 g/mol. The van der Waals surface area contributed by atoms with E-state index in [-0.39, 0.29) is 23.8 Å². The summed E-state index contributed by atoms with van der Waals surface area (Å²) in [4.78, 5) is 19.4. The van der Waals surface area contributed by atoms with E-state index in [1.807, 2.05) is 13.2 Å². The molecule has 2 aromatic rings. The molecule has 2 aliphatic heterocycles. The standard InChI is InChI=1S/C18H24N6O2/c1-23-9-13(8-21-23)12-6-14(17(19)20-7-12)18(25)22-15-10-26-11-16(15)24-4-2-3-5-24/h6-9,15-16H,2-5,10-11H2,1H3,(H2,19,20)(H,22,25)/t15-,16-/m0/s1. The van der Waals surface area contributed by atoms with Gasteiger partial charge in [-0.1, -0.05) is 0 Å². The molecule has 0 unspecified atom stereocenters. The van der Waals surface area contributed by atoms with E-state index in [1.54, 1.807) is 23.1 Å². The van der Waals surface area contributed by atoms with Crippen LogP contribution in [0.15, 0.2) is 24.7 Å². The number of aromatic nitrogens is 3. The van der Waals surface area contributed by atoms with Crippen LogP contribution in [0.1, 0.15) is 23.2 Å². The first-order chi connectivity index (χ1) is 12.6. The third-order valence-corrected chi connectivity index (χ3v) is 5.18. The van der Waals surface area contributed by atoms with Gasteiger partial charge in [0, 0.05) is 30.6 Å². The number of amides is 1. The molecule has 0 aromatic carbocycles. The monoisotopic (exact) mass is 356 g/mol. The molecule has 26 heavy (non-hydrogen) atoms. The number of anilines is 1. The molecule has 2 fully saturated rings. The van der Waals surface area contributed by atoms with Crippen molar-refractivity contribution in [2.45, 2.75) is 24.9 Å². The maximum absolute atomic E-state index is 12.8. The number of pyridine rings is 1. The van der Waals surface area contributed by atoms with Crippen molar-refractivity contribution in [1.82, 2.24) is 25.0 Å². The topological polar surface area (TPSA) is 98.3 Å². The normalized spacial score (nSPS) is 23.4. The number of carbonyl (C=O) groups excluding carboxylic acids is 1. The highest BCUT2D eigenvalue weighted by molar-refractivity contribution is 5.99. The van der Waals surface area contributed by atoms with Crippen LogP contribution in [0.5, 0.6) is 0 Å².